The molecule has 0 aliphatic carbocycles. The summed E-state index contributed by atoms with van der Waals surface area (Å²) >= 11 is 0. The third-order valence-electron chi connectivity index (χ3n) is 2.85. The van der Waals surface area contributed by atoms with Gasteiger partial charge in [-0.3, -0.25) is 4.79 Å². The Morgan fingerprint density at radius 1 is 1.14 bits per heavy atom. The fourth-order valence-electron chi connectivity index (χ4n) is 1.38. The molecule has 0 aliphatic rings. The maximum Gasteiger partial charge on any atom is 0.310 e. The predicted molar refractivity (Wildman–Crippen MR) is 88.0 cm³/mol. The van der Waals surface area contributed by atoms with Crippen LogP contribution in [0, 0.1) is 0 Å². The number of ether oxygens (including phenoxy) is 1. The van der Waals surface area contributed by atoms with Gasteiger partial charge in [0.05, 0.1) is 6.42 Å². The van der Waals surface area contributed by atoms with E-state index in [4.69, 9.17) is 15.6 Å². The van der Waals surface area contributed by atoms with Crippen molar-refractivity contribution in [3.8, 4) is 0 Å². The summed E-state index contributed by atoms with van der Waals surface area (Å²) < 4.78 is 5.38. The Labute approximate surface area is 129 Å². The van der Waals surface area contributed by atoms with E-state index < -0.39 is 0 Å². The molecule has 0 amide bonds. The second kappa shape index (κ2) is 12.4. The van der Waals surface area contributed by atoms with Crippen molar-refractivity contribution in [2.24, 2.45) is 5.73 Å². The molecule has 0 bridgehead atoms. The number of aliphatic hydroxyl groups is 1. The second-order valence-electron chi connectivity index (χ2n) is 4.78. The van der Waals surface area contributed by atoms with Gasteiger partial charge in [-0.2, -0.15) is 0 Å². The first-order valence-corrected chi connectivity index (χ1v) is 7.41. The van der Waals surface area contributed by atoms with E-state index in [0.717, 1.165) is 24.7 Å². The molecule has 0 saturated carbocycles. The summed E-state index contributed by atoms with van der Waals surface area (Å²) in [6.45, 7) is 10.4. The SMILES string of the molecule is CC.CCC(C)(C)OC(=O)Cc1ccc(CN)cc1.CO. The number of nitrogens with two attached hydrogens (primary N) is 1. The van der Waals surface area contributed by atoms with E-state index in [9.17, 15) is 4.79 Å². The second-order valence-corrected chi connectivity index (χ2v) is 4.78. The number of esters is 1. The van der Waals surface area contributed by atoms with Crippen molar-refractivity contribution in [2.75, 3.05) is 7.11 Å². The molecule has 0 spiro atoms. The summed E-state index contributed by atoms with van der Waals surface area (Å²) in [4.78, 5) is 11.7. The van der Waals surface area contributed by atoms with Gasteiger partial charge in [-0.15, -0.1) is 0 Å². The minimum Gasteiger partial charge on any atom is -0.459 e. The number of benzene rings is 1. The fraction of sp³-hybridized carbons (Fsp3) is 0.588. The molecular formula is C17H31NO3. The minimum atomic E-state index is -0.381. The van der Waals surface area contributed by atoms with Crippen molar-refractivity contribution in [1.29, 1.82) is 0 Å². The van der Waals surface area contributed by atoms with Gasteiger partial charge in [0, 0.05) is 13.7 Å². The molecule has 0 heterocycles. The Kier molecular flexibility index (Phi) is 12.9. The predicted octanol–water partition coefficient (Wildman–Crippen LogP) is 3.05. The molecule has 0 aliphatic heterocycles. The highest BCUT2D eigenvalue weighted by Crippen LogP contribution is 2.15. The van der Waals surface area contributed by atoms with Gasteiger partial charge in [0.15, 0.2) is 0 Å². The molecule has 0 aromatic heterocycles. The van der Waals surface area contributed by atoms with E-state index in [2.05, 4.69) is 0 Å². The topological polar surface area (TPSA) is 72.5 Å². The number of rotatable bonds is 5. The Balaban J connectivity index is 0. The highest BCUT2D eigenvalue weighted by molar-refractivity contribution is 5.73. The van der Waals surface area contributed by atoms with Crippen molar-refractivity contribution in [1.82, 2.24) is 0 Å². The Morgan fingerprint density at radius 3 is 1.95 bits per heavy atom. The van der Waals surface area contributed by atoms with Gasteiger partial charge in [0.25, 0.3) is 0 Å². The lowest BCUT2D eigenvalue weighted by Gasteiger charge is -2.23. The first kappa shape index (κ1) is 21.9. The maximum atomic E-state index is 11.7. The highest BCUT2D eigenvalue weighted by atomic mass is 16.6. The van der Waals surface area contributed by atoms with Crippen molar-refractivity contribution < 1.29 is 14.6 Å². The van der Waals surface area contributed by atoms with E-state index in [1.807, 2.05) is 58.9 Å². The van der Waals surface area contributed by atoms with Crippen LogP contribution >= 0.6 is 0 Å². The van der Waals surface area contributed by atoms with Crippen LogP contribution in [0.4, 0.5) is 0 Å². The van der Waals surface area contributed by atoms with Crippen LogP contribution in [-0.4, -0.2) is 23.8 Å². The zero-order valence-corrected chi connectivity index (χ0v) is 14.3. The number of hydrogen-bond donors (Lipinski definition) is 2. The molecule has 0 saturated heterocycles. The highest BCUT2D eigenvalue weighted by Gasteiger charge is 2.20. The number of hydrogen-bond acceptors (Lipinski definition) is 4. The molecule has 4 heteroatoms. The van der Waals surface area contributed by atoms with Crippen molar-refractivity contribution >= 4 is 5.97 Å². The van der Waals surface area contributed by atoms with Gasteiger partial charge in [-0.25, -0.2) is 0 Å². The van der Waals surface area contributed by atoms with Crippen LogP contribution in [0.1, 0.15) is 52.2 Å². The number of carbonyl (C=O) groups excluding carboxylic acids is 1. The smallest absolute Gasteiger partial charge is 0.310 e. The number of aliphatic hydroxyl groups excluding tert-OH is 1. The maximum absolute atomic E-state index is 11.7. The summed E-state index contributed by atoms with van der Waals surface area (Å²) in [5.41, 5.74) is 7.15. The van der Waals surface area contributed by atoms with Crippen LogP contribution in [0.15, 0.2) is 24.3 Å². The van der Waals surface area contributed by atoms with Crippen molar-refractivity contribution in [2.45, 2.75) is 59.6 Å². The average Bonchev–Trinajstić information content (AvgIpc) is 2.51. The number of carbonyl (C=O) groups is 1. The van der Waals surface area contributed by atoms with E-state index in [0.29, 0.717) is 13.0 Å². The Morgan fingerprint density at radius 2 is 1.57 bits per heavy atom. The first-order chi connectivity index (χ1) is 9.96. The van der Waals surface area contributed by atoms with Crippen LogP contribution in [-0.2, 0) is 22.5 Å². The normalized spacial score (nSPS) is 9.71. The van der Waals surface area contributed by atoms with Gasteiger partial charge < -0.3 is 15.6 Å². The van der Waals surface area contributed by atoms with Gasteiger partial charge in [-0.1, -0.05) is 45.0 Å². The van der Waals surface area contributed by atoms with Gasteiger partial charge in [0.2, 0.25) is 0 Å². The van der Waals surface area contributed by atoms with Crippen LogP contribution in [0.5, 0.6) is 0 Å². The molecule has 0 unspecified atom stereocenters. The van der Waals surface area contributed by atoms with Crippen LogP contribution in [0.2, 0.25) is 0 Å². The molecule has 1 aromatic carbocycles. The largest absolute Gasteiger partial charge is 0.459 e. The van der Waals surface area contributed by atoms with Crippen LogP contribution in [0.3, 0.4) is 0 Å². The van der Waals surface area contributed by atoms with E-state index in [1.165, 1.54) is 0 Å². The van der Waals surface area contributed by atoms with Gasteiger partial charge in [0.1, 0.15) is 5.60 Å². The monoisotopic (exact) mass is 297 g/mol. The van der Waals surface area contributed by atoms with Crippen molar-refractivity contribution in [3.63, 3.8) is 0 Å². The summed E-state index contributed by atoms with van der Waals surface area (Å²) in [5.74, 6) is -0.183. The van der Waals surface area contributed by atoms with E-state index in [1.54, 1.807) is 0 Å². The molecule has 1 rings (SSSR count). The zero-order chi connectivity index (χ0) is 16.9. The molecular weight excluding hydrogens is 266 g/mol. The quantitative estimate of drug-likeness (QED) is 0.819. The molecule has 122 valence electrons. The Bertz CT molecular complexity index is 372. The molecule has 0 fully saturated rings. The Hall–Kier alpha value is -1.39. The molecule has 1 aromatic rings. The summed E-state index contributed by atoms with van der Waals surface area (Å²) in [7, 11) is 1.00. The van der Waals surface area contributed by atoms with Crippen LogP contribution in [0.25, 0.3) is 0 Å². The summed E-state index contributed by atoms with van der Waals surface area (Å²) in [6, 6.07) is 7.71. The standard InChI is InChI=1S/C14H21NO2.C2H6.CH4O/c1-4-14(2,3)17-13(16)9-11-5-7-12(10-15)8-6-11;2*1-2/h5-8H,4,9-10,15H2,1-3H3;1-2H3;2H,1H3. The molecule has 0 radical (unpaired) electrons. The lowest BCUT2D eigenvalue weighted by molar-refractivity contribution is -0.155. The van der Waals surface area contributed by atoms with Gasteiger partial charge >= 0.3 is 5.97 Å². The van der Waals surface area contributed by atoms with Gasteiger partial charge in [-0.05, 0) is 31.4 Å². The fourth-order valence-corrected chi connectivity index (χ4v) is 1.38. The lowest BCUT2D eigenvalue weighted by atomic mass is 10.1. The average molecular weight is 297 g/mol. The molecule has 0 atom stereocenters. The van der Waals surface area contributed by atoms with Crippen LogP contribution < -0.4 is 5.73 Å². The summed E-state index contributed by atoms with van der Waals surface area (Å²) in [6.07, 6.45) is 1.12. The first-order valence-electron chi connectivity index (χ1n) is 7.41. The zero-order valence-electron chi connectivity index (χ0n) is 14.3. The molecule has 21 heavy (non-hydrogen) atoms. The third kappa shape index (κ3) is 10.0. The van der Waals surface area contributed by atoms with E-state index >= 15 is 0 Å². The molecule has 4 nitrogen and oxygen atoms in total. The lowest BCUT2D eigenvalue weighted by Crippen LogP contribution is -2.27. The van der Waals surface area contributed by atoms with Crippen molar-refractivity contribution in [3.05, 3.63) is 35.4 Å². The van der Waals surface area contributed by atoms with E-state index in [-0.39, 0.29) is 11.6 Å². The molecule has 3 N–H and O–H groups in total. The summed E-state index contributed by atoms with van der Waals surface area (Å²) in [5, 5.41) is 7.00. The minimum absolute atomic E-state index is 0.183. The third-order valence-corrected chi connectivity index (χ3v) is 2.85.